The van der Waals surface area contributed by atoms with E-state index < -0.39 is 5.60 Å². The number of ether oxygens (including phenoxy) is 5. The average molecular weight is 373 g/mol. The van der Waals surface area contributed by atoms with E-state index in [1.165, 1.54) is 0 Å². The van der Waals surface area contributed by atoms with Gasteiger partial charge in [0.15, 0.2) is 0 Å². The van der Waals surface area contributed by atoms with Crippen LogP contribution in [-0.2, 0) is 23.7 Å². The lowest BCUT2D eigenvalue weighted by atomic mass is 10.2. The normalized spacial score (nSPS) is 11.2. The Bertz CT molecular complexity index is 375. The molecule has 0 aromatic rings. The molecular weight excluding hydrogens is 338 g/mol. The first-order valence-corrected chi connectivity index (χ1v) is 9.17. The van der Waals surface area contributed by atoms with Gasteiger partial charge in [-0.1, -0.05) is 5.92 Å². The molecule has 0 aliphatic heterocycles. The Morgan fingerprint density at radius 2 is 1.38 bits per heavy atom. The van der Waals surface area contributed by atoms with Gasteiger partial charge in [-0.2, -0.15) is 0 Å². The minimum Gasteiger partial charge on any atom is -0.444 e. The minimum atomic E-state index is -0.456. The maximum absolute atomic E-state index is 11.4. The van der Waals surface area contributed by atoms with Gasteiger partial charge in [-0.3, -0.25) is 0 Å². The van der Waals surface area contributed by atoms with Crippen LogP contribution in [0, 0.1) is 12.3 Å². The smallest absolute Gasteiger partial charge is 0.407 e. The number of unbranched alkanes of at least 4 members (excludes halogenated alkanes) is 2. The number of nitrogens with one attached hydrogen (secondary N) is 1. The SMILES string of the molecule is C#CCOCCOCCOCCOCCCCCNC(=O)OC(C)(C)C. The largest absolute Gasteiger partial charge is 0.444 e. The van der Waals surface area contributed by atoms with E-state index in [1.807, 2.05) is 20.8 Å². The van der Waals surface area contributed by atoms with Gasteiger partial charge in [0.2, 0.25) is 0 Å². The lowest BCUT2D eigenvalue weighted by Gasteiger charge is -2.19. The zero-order valence-corrected chi connectivity index (χ0v) is 16.5. The van der Waals surface area contributed by atoms with E-state index in [1.54, 1.807) is 0 Å². The third-order valence-electron chi connectivity index (χ3n) is 2.94. The quantitative estimate of drug-likeness (QED) is 0.331. The molecule has 0 unspecified atom stereocenters. The summed E-state index contributed by atoms with van der Waals surface area (Å²) in [5.41, 5.74) is -0.456. The average Bonchev–Trinajstić information content (AvgIpc) is 2.56. The third-order valence-corrected chi connectivity index (χ3v) is 2.94. The van der Waals surface area contributed by atoms with Gasteiger partial charge < -0.3 is 29.0 Å². The summed E-state index contributed by atoms with van der Waals surface area (Å²) in [4.78, 5) is 11.4. The summed E-state index contributed by atoms with van der Waals surface area (Å²) >= 11 is 0. The Morgan fingerprint density at radius 1 is 0.846 bits per heavy atom. The Labute approximate surface area is 158 Å². The molecule has 0 aromatic carbocycles. The van der Waals surface area contributed by atoms with Crippen molar-refractivity contribution >= 4 is 6.09 Å². The predicted octanol–water partition coefficient (Wildman–Crippen LogP) is 2.38. The lowest BCUT2D eigenvalue weighted by molar-refractivity contribution is 0.000920. The molecule has 1 amide bonds. The Hall–Kier alpha value is -1.33. The van der Waals surface area contributed by atoms with Gasteiger partial charge >= 0.3 is 6.09 Å². The Morgan fingerprint density at radius 3 is 1.92 bits per heavy atom. The molecule has 26 heavy (non-hydrogen) atoms. The molecule has 0 aliphatic carbocycles. The fourth-order valence-corrected chi connectivity index (χ4v) is 1.80. The van der Waals surface area contributed by atoms with Crippen LogP contribution in [0.4, 0.5) is 4.79 Å². The molecule has 0 saturated carbocycles. The molecule has 0 bridgehead atoms. The number of terminal acetylenes is 1. The van der Waals surface area contributed by atoms with Gasteiger partial charge in [-0.25, -0.2) is 4.79 Å². The molecular formula is C19H35NO6. The van der Waals surface area contributed by atoms with Crippen molar-refractivity contribution in [2.75, 3.05) is 59.4 Å². The van der Waals surface area contributed by atoms with Crippen molar-refractivity contribution in [1.29, 1.82) is 0 Å². The van der Waals surface area contributed by atoms with Crippen molar-refractivity contribution in [1.82, 2.24) is 5.32 Å². The molecule has 7 nitrogen and oxygen atoms in total. The summed E-state index contributed by atoms with van der Waals surface area (Å²) in [5, 5.41) is 2.74. The van der Waals surface area contributed by atoms with Gasteiger partial charge in [0.25, 0.3) is 0 Å². The molecule has 0 aliphatic rings. The number of alkyl carbamates (subject to hydrolysis) is 1. The van der Waals surface area contributed by atoms with Crippen LogP contribution in [0.15, 0.2) is 0 Å². The van der Waals surface area contributed by atoms with Crippen LogP contribution in [0.2, 0.25) is 0 Å². The van der Waals surface area contributed by atoms with Crippen molar-refractivity contribution in [2.45, 2.75) is 45.6 Å². The van der Waals surface area contributed by atoms with Crippen LogP contribution in [-0.4, -0.2) is 71.1 Å². The van der Waals surface area contributed by atoms with Crippen molar-refractivity contribution in [3.8, 4) is 12.3 Å². The van der Waals surface area contributed by atoms with E-state index in [0.29, 0.717) is 59.4 Å². The molecule has 0 atom stereocenters. The van der Waals surface area contributed by atoms with Crippen LogP contribution < -0.4 is 5.32 Å². The molecule has 0 radical (unpaired) electrons. The number of amides is 1. The van der Waals surface area contributed by atoms with Gasteiger partial charge in [0.05, 0.1) is 39.6 Å². The summed E-state index contributed by atoms with van der Waals surface area (Å²) in [5.74, 6) is 2.39. The maximum atomic E-state index is 11.4. The van der Waals surface area contributed by atoms with E-state index in [2.05, 4.69) is 11.2 Å². The second kappa shape index (κ2) is 17.1. The maximum Gasteiger partial charge on any atom is 0.407 e. The first-order chi connectivity index (χ1) is 12.5. The summed E-state index contributed by atoms with van der Waals surface area (Å²) in [6, 6.07) is 0. The summed E-state index contributed by atoms with van der Waals surface area (Å²) < 4.78 is 26.4. The molecule has 152 valence electrons. The van der Waals surface area contributed by atoms with Crippen LogP contribution in [0.3, 0.4) is 0 Å². The second-order valence-electron chi connectivity index (χ2n) is 6.58. The van der Waals surface area contributed by atoms with Crippen molar-refractivity contribution in [2.24, 2.45) is 0 Å². The minimum absolute atomic E-state index is 0.317. The molecule has 0 spiro atoms. The van der Waals surface area contributed by atoms with E-state index in [4.69, 9.17) is 30.1 Å². The van der Waals surface area contributed by atoms with Crippen LogP contribution in [0.5, 0.6) is 0 Å². The van der Waals surface area contributed by atoms with Crippen molar-refractivity contribution < 1.29 is 28.5 Å². The lowest BCUT2D eigenvalue weighted by Crippen LogP contribution is -2.33. The summed E-state index contributed by atoms with van der Waals surface area (Å²) in [6.07, 6.45) is 7.54. The monoisotopic (exact) mass is 373 g/mol. The highest BCUT2D eigenvalue weighted by atomic mass is 16.6. The third kappa shape index (κ3) is 20.7. The van der Waals surface area contributed by atoms with E-state index in [9.17, 15) is 4.79 Å². The number of hydrogen-bond acceptors (Lipinski definition) is 6. The van der Waals surface area contributed by atoms with Crippen LogP contribution in [0.25, 0.3) is 0 Å². The number of rotatable bonds is 16. The Kier molecular flexibility index (Phi) is 16.2. The van der Waals surface area contributed by atoms with Gasteiger partial charge in [0, 0.05) is 13.2 Å². The van der Waals surface area contributed by atoms with Crippen molar-refractivity contribution in [3.63, 3.8) is 0 Å². The topological polar surface area (TPSA) is 75.3 Å². The fourth-order valence-electron chi connectivity index (χ4n) is 1.80. The highest BCUT2D eigenvalue weighted by Crippen LogP contribution is 2.06. The predicted molar refractivity (Wildman–Crippen MR) is 100 cm³/mol. The first-order valence-electron chi connectivity index (χ1n) is 9.17. The molecule has 1 N–H and O–H groups in total. The van der Waals surface area contributed by atoms with Gasteiger partial charge in [0.1, 0.15) is 12.2 Å². The van der Waals surface area contributed by atoms with E-state index in [0.717, 1.165) is 19.3 Å². The van der Waals surface area contributed by atoms with Gasteiger partial charge in [-0.15, -0.1) is 6.42 Å². The number of hydrogen-bond donors (Lipinski definition) is 1. The highest BCUT2D eigenvalue weighted by Gasteiger charge is 2.15. The molecule has 7 heteroatoms. The van der Waals surface area contributed by atoms with Crippen LogP contribution in [0.1, 0.15) is 40.0 Å². The van der Waals surface area contributed by atoms with Crippen LogP contribution >= 0.6 is 0 Å². The zero-order valence-electron chi connectivity index (χ0n) is 16.5. The summed E-state index contributed by atoms with van der Waals surface area (Å²) in [6.45, 7) is 10.4. The molecule has 0 aromatic heterocycles. The van der Waals surface area contributed by atoms with E-state index >= 15 is 0 Å². The van der Waals surface area contributed by atoms with Gasteiger partial charge in [-0.05, 0) is 40.0 Å². The first kappa shape index (κ1) is 24.7. The molecule has 0 saturated heterocycles. The second-order valence-corrected chi connectivity index (χ2v) is 6.58. The van der Waals surface area contributed by atoms with Crippen molar-refractivity contribution in [3.05, 3.63) is 0 Å². The molecule has 0 heterocycles. The Balaban J connectivity index is 3.14. The molecule has 0 rings (SSSR count). The van der Waals surface area contributed by atoms with E-state index in [-0.39, 0.29) is 6.09 Å². The number of carbonyl (C=O) groups is 1. The zero-order chi connectivity index (χ0) is 19.5. The number of carbonyl (C=O) groups excluding carboxylic acids is 1. The standard InChI is InChI=1S/C19H35NO6/c1-5-10-22-12-14-24-16-17-25-15-13-23-11-8-6-7-9-20-18(21)26-19(2,3)4/h1H,6-17H2,2-4H3,(H,20,21). The summed E-state index contributed by atoms with van der Waals surface area (Å²) in [7, 11) is 0. The highest BCUT2D eigenvalue weighted by molar-refractivity contribution is 5.67. The molecule has 0 fully saturated rings. The fraction of sp³-hybridized carbons (Fsp3) is 0.842.